The highest BCUT2D eigenvalue weighted by molar-refractivity contribution is 5.94. The molecule has 0 spiro atoms. The van der Waals surface area contributed by atoms with Crippen LogP contribution in [-0.2, 0) is 4.79 Å². The van der Waals surface area contributed by atoms with Gasteiger partial charge in [-0.2, -0.15) is 0 Å². The molecule has 0 fully saturated rings. The van der Waals surface area contributed by atoms with Crippen molar-refractivity contribution in [3.05, 3.63) is 48.5 Å². The summed E-state index contributed by atoms with van der Waals surface area (Å²) in [6.45, 7) is 4.42. The molecule has 0 heterocycles. The van der Waals surface area contributed by atoms with Gasteiger partial charge in [0.05, 0.1) is 13.7 Å². The second-order valence-electron chi connectivity index (χ2n) is 5.27. The SMILES string of the molecule is CCCOc1ccc(NC(=O)[C@H](C)Oc2ccccc2OC)cc1. The van der Waals surface area contributed by atoms with Gasteiger partial charge in [-0.1, -0.05) is 19.1 Å². The molecular weight excluding hydrogens is 306 g/mol. The lowest BCUT2D eigenvalue weighted by atomic mass is 10.2. The number of amides is 1. The molecule has 24 heavy (non-hydrogen) atoms. The zero-order chi connectivity index (χ0) is 17.4. The Balaban J connectivity index is 1.93. The molecular formula is C19H23NO4. The maximum absolute atomic E-state index is 12.3. The fraction of sp³-hybridized carbons (Fsp3) is 0.316. The normalized spacial score (nSPS) is 11.5. The summed E-state index contributed by atoms with van der Waals surface area (Å²) < 4.78 is 16.4. The summed E-state index contributed by atoms with van der Waals surface area (Å²) in [6, 6.07) is 14.5. The van der Waals surface area contributed by atoms with Gasteiger partial charge in [0.1, 0.15) is 5.75 Å². The maximum atomic E-state index is 12.3. The molecule has 128 valence electrons. The number of methoxy groups -OCH3 is 1. The molecule has 5 heteroatoms. The molecule has 0 radical (unpaired) electrons. The molecule has 0 aromatic heterocycles. The molecule has 0 bridgehead atoms. The highest BCUT2D eigenvalue weighted by Crippen LogP contribution is 2.27. The van der Waals surface area contributed by atoms with Crippen LogP contribution in [-0.4, -0.2) is 25.7 Å². The van der Waals surface area contributed by atoms with Crippen molar-refractivity contribution in [3.8, 4) is 17.2 Å². The first-order chi connectivity index (χ1) is 11.6. The van der Waals surface area contributed by atoms with Crippen LogP contribution in [0.2, 0.25) is 0 Å². The van der Waals surface area contributed by atoms with Crippen LogP contribution in [0.25, 0.3) is 0 Å². The Kier molecular flexibility index (Phi) is 6.49. The number of carbonyl (C=O) groups is 1. The van der Waals surface area contributed by atoms with Crippen LogP contribution in [0.15, 0.2) is 48.5 Å². The van der Waals surface area contributed by atoms with Gasteiger partial charge in [0.25, 0.3) is 5.91 Å². The van der Waals surface area contributed by atoms with Gasteiger partial charge in [0.15, 0.2) is 17.6 Å². The Hall–Kier alpha value is -2.69. The van der Waals surface area contributed by atoms with E-state index in [9.17, 15) is 4.79 Å². The number of nitrogens with one attached hydrogen (secondary N) is 1. The van der Waals surface area contributed by atoms with Gasteiger partial charge in [0.2, 0.25) is 0 Å². The number of ether oxygens (including phenoxy) is 3. The minimum absolute atomic E-state index is 0.233. The van der Waals surface area contributed by atoms with Crippen LogP contribution < -0.4 is 19.5 Å². The predicted octanol–water partition coefficient (Wildman–Crippen LogP) is 3.89. The Morgan fingerprint density at radius 1 is 1.08 bits per heavy atom. The largest absolute Gasteiger partial charge is 0.494 e. The number of benzene rings is 2. The molecule has 2 aromatic rings. The van der Waals surface area contributed by atoms with Gasteiger partial charge in [-0.25, -0.2) is 0 Å². The van der Waals surface area contributed by atoms with E-state index in [4.69, 9.17) is 14.2 Å². The van der Waals surface area contributed by atoms with Crippen molar-refractivity contribution in [2.24, 2.45) is 0 Å². The standard InChI is InChI=1S/C19H23NO4/c1-4-13-23-16-11-9-15(10-12-16)20-19(21)14(2)24-18-8-6-5-7-17(18)22-3/h5-12,14H,4,13H2,1-3H3,(H,20,21)/t14-/m0/s1. The van der Waals surface area contributed by atoms with E-state index in [1.165, 1.54) is 0 Å². The summed E-state index contributed by atoms with van der Waals surface area (Å²) in [6.07, 6.45) is 0.299. The third kappa shape index (κ3) is 4.91. The smallest absolute Gasteiger partial charge is 0.265 e. The lowest BCUT2D eigenvalue weighted by molar-refractivity contribution is -0.122. The van der Waals surface area contributed by atoms with E-state index >= 15 is 0 Å². The highest BCUT2D eigenvalue weighted by Gasteiger charge is 2.16. The van der Waals surface area contributed by atoms with Crippen molar-refractivity contribution in [1.82, 2.24) is 0 Å². The van der Waals surface area contributed by atoms with Crippen molar-refractivity contribution in [1.29, 1.82) is 0 Å². The second-order valence-corrected chi connectivity index (χ2v) is 5.27. The van der Waals surface area contributed by atoms with E-state index in [0.717, 1.165) is 12.2 Å². The van der Waals surface area contributed by atoms with Gasteiger partial charge >= 0.3 is 0 Å². The number of para-hydroxylation sites is 2. The van der Waals surface area contributed by atoms with E-state index in [2.05, 4.69) is 12.2 Å². The van der Waals surface area contributed by atoms with Crippen molar-refractivity contribution in [2.75, 3.05) is 19.0 Å². The summed E-state index contributed by atoms with van der Waals surface area (Å²) in [7, 11) is 1.56. The Morgan fingerprint density at radius 3 is 2.38 bits per heavy atom. The molecule has 1 N–H and O–H groups in total. The minimum atomic E-state index is -0.655. The van der Waals surface area contributed by atoms with Crippen molar-refractivity contribution in [2.45, 2.75) is 26.4 Å². The molecule has 0 aliphatic heterocycles. The maximum Gasteiger partial charge on any atom is 0.265 e. The highest BCUT2D eigenvalue weighted by atomic mass is 16.5. The van der Waals surface area contributed by atoms with Crippen molar-refractivity contribution in [3.63, 3.8) is 0 Å². The molecule has 5 nitrogen and oxygen atoms in total. The van der Waals surface area contributed by atoms with E-state index in [1.807, 2.05) is 24.3 Å². The van der Waals surface area contributed by atoms with Crippen molar-refractivity contribution >= 4 is 11.6 Å². The van der Waals surface area contributed by atoms with Gasteiger partial charge in [-0.15, -0.1) is 0 Å². The number of hydrogen-bond donors (Lipinski definition) is 1. The Labute approximate surface area is 142 Å². The summed E-state index contributed by atoms with van der Waals surface area (Å²) in [5.41, 5.74) is 0.694. The average Bonchev–Trinajstić information content (AvgIpc) is 2.61. The first-order valence-electron chi connectivity index (χ1n) is 7.97. The predicted molar refractivity (Wildman–Crippen MR) is 93.9 cm³/mol. The zero-order valence-corrected chi connectivity index (χ0v) is 14.2. The number of anilines is 1. The lowest BCUT2D eigenvalue weighted by Gasteiger charge is -2.16. The van der Waals surface area contributed by atoms with Gasteiger partial charge < -0.3 is 19.5 Å². The fourth-order valence-electron chi connectivity index (χ4n) is 2.06. The van der Waals surface area contributed by atoms with Crippen LogP contribution in [0.3, 0.4) is 0 Å². The zero-order valence-electron chi connectivity index (χ0n) is 14.2. The van der Waals surface area contributed by atoms with E-state index in [-0.39, 0.29) is 5.91 Å². The van der Waals surface area contributed by atoms with Crippen molar-refractivity contribution < 1.29 is 19.0 Å². The summed E-state index contributed by atoms with van der Waals surface area (Å²) >= 11 is 0. The molecule has 0 saturated carbocycles. The van der Waals surface area contributed by atoms with E-state index in [1.54, 1.807) is 38.3 Å². The quantitative estimate of drug-likeness (QED) is 0.798. The third-order valence-corrected chi connectivity index (χ3v) is 3.34. The summed E-state index contributed by atoms with van der Waals surface area (Å²) in [4.78, 5) is 12.3. The van der Waals surface area contributed by atoms with Crippen LogP contribution in [0.4, 0.5) is 5.69 Å². The molecule has 1 atom stereocenters. The Bertz CT molecular complexity index is 655. The number of hydrogen-bond acceptors (Lipinski definition) is 4. The molecule has 1 amide bonds. The first kappa shape index (κ1) is 17.7. The minimum Gasteiger partial charge on any atom is -0.494 e. The topological polar surface area (TPSA) is 56.8 Å². The molecule has 2 aromatic carbocycles. The van der Waals surface area contributed by atoms with Gasteiger partial charge in [-0.3, -0.25) is 4.79 Å². The number of rotatable bonds is 8. The molecule has 0 saturated heterocycles. The molecule has 0 aliphatic rings. The fourth-order valence-corrected chi connectivity index (χ4v) is 2.06. The summed E-state index contributed by atoms with van der Waals surface area (Å²) in [5, 5.41) is 2.82. The van der Waals surface area contributed by atoms with Crippen LogP contribution in [0, 0.1) is 0 Å². The van der Waals surface area contributed by atoms with E-state index < -0.39 is 6.10 Å². The van der Waals surface area contributed by atoms with E-state index in [0.29, 0.717) is 23.8 Å². The average molecular weight is 329 g/mol. The molecule has 2 rings (SSSR count). The van der Waals surface area contributed by atoms with Gasteiger partial charge in [0, 0.05) is 5.69 Å². The monoisotopic (exact) mass is 329 g/mol. The Morgan fingerprint density at radius 2 is 1.75 bits per heavy atom. The second kappa shape index (κ2) is 8.82. The van der Waals surface area contributed by atoms with Crippen LogP contribution in [0.1, 0.15) is 20.3 Å². The number of carbonyl (C=O) groups excluding carboxylic acids is 1. The van der Waals surface area contributed by atoms with Crippen LogP contribution >= 0.6 is 0 Å². The van der Waals surface area contributed by atoms with Gasteiger partial charge in [-0.05, 0) is 49.7 Å². The third-order valence-electron chi connectivity index (χ3n) is 3.34. The lowest BCUT2D eigenvalue weighted by Crippen LogP contribution is -2.30. The summed E-state index contributed by atoms with van der Waals surface area (Å²) in [5.74, 6) is 1.68. The first-order valence-corrected chi connectivity index (χ1v) is 7.97. The van der Waals surface area contributed by atoms with Crippen LogP contribution in [0.5, 0.6) is 17.2 Å². The molecule has 0 unspecified atom stereocenters. The molecule has 0 aliphatic carbocycles.